The first kappa shape index (κ1) is 18.7. The fourth-order valence-corrected chi connectivity index (χ4v) is 1.03. The normalized spacial score (nSPS) is 19.2. The monoisotopic (exact) mass is 189 g/mol. The number of hydrogen-bond acceptors (Lipinski definition) is 1. The van der Waals surface area contributed by atoms with Crippen LogP contribution in [0, 0.1) is 5.92 Å². The average Bonchev–Trinajstić information content (AvgIpc) is 2.28. The molecule has 0 saturated carbocycles. The summed E-state index contributed by atoms with van der Waals surface area (Å²) in [6.45, 7) is 16.8. The third kappa shape index (κ3) is 18.7. The summed E-state index contributed by atoms with van der Waals surface area (Å²) in [5.74, 6) is 0.925. The predicted molar refractivity (Wildman–Crippen MR) is 65.3 cm³/mol. The lowest BCUT2D eigenvalue weighted by atomic mass is 10.0. The highest BCUT2D eigenvalue weighted by atomic mass is 14.9. The van der Waals surface area contributed by atoms with Gasteiger partial charge in [0.1, 0.15) is 0 Å². The second kappa shape index (κ2) is 22.7. The minimum atomic E-state index is 0.925. The van der Waals surface area contributed by atoms with Crippen LogP contribution in [0.25, 0.3) is 0 Å². The zero-order chi connectivity index (χ0) is 11.1. The van der Waals surface area contributed by atoms with Crippen molar-refractivity contribution in [2.75, 3.05) is 13.1 Å². The molecule has 1 rings (SSSR count). The summed E-state index contributed by atoms with van der Waals surface area (Å²) in [7, 11) is 0. The SMILES string of the molecule is CC.CC.CC.CC1CCCNC1. The molecule has 0 aromatic carbocycles. The molecule has 1 saturated heterocycles. The maximum absolute atomic E-state index is 3.33. The van der Waals surface area contributed by atoms with Crippen molar-refractivity contribution in [3.05, 3.63) is 0 Å². The van der Waals surface area contributed by atoms with Gasteiger partial charge in [0.15, 0.2) is 0 Å². The zero-order valence-corrected chi connectivity index (χ0v) is 10.9. The lowest BCUT2D eigenvalue weighted by Gasteiger charge is -2.17. The molecule has 0 radical (unpaired) electrons. The molecule has 1 aliphatic heterocycles. The van der Waals surface area contributed by atoms with E-state index < -0.39 is 0 Å². The molecule has 1 fully saturated rings. The summed E-state index contributed by atoms with van der Waals surface area (Å²) < 4.78 is 0. The van der Waals surface area contributed by atoms with Crippen molar-refractivity contribution in [2.45, 2.75) is 61.3 Å². The molecule has 1 atom stereocenters. The van der Waals surface area contributed by atoms with Crippen LogP contribution in [0.4, 0.5) is 0 Å². The Morgan fingerprint density at radius 1 is 0.923 bits per heavy atom. The van der Waals surface area contributed by atoms with Crippen LogP contribution in [0.2, 0.25) is 0 Å². The van der Waals surface area contributed by atoms with Gasteiger partial charge in [0.25, 0.3) is 0 Å². The van der Waals surface area contributed by atoms with Crippen molar-refractivity contribution in [3.63, 3.8) is 0 Å². The predicted octanol–water partition coefficient (Wildman–Crippen LogP) is 4.08. The first-order valence-electron chi connectivity index (χ1n) is 6.10. The first-order valence-corrected chi connectivity index (χ1v) is 6.10. The van der Waals surface area contributed by atoms with E-state index in [0.29, 0.717) is 0 Å². The second-order valence-corrected chi connectivity index (χ2v) is 2.45. The van der Waals surface area contributed by atoms with E-state index >= 15 is 0 Å². The van der Waals surface area contributed by atoms with Crippen molar-refractivity contribution in [3.8, 4) is 0 Å². The molecule has 1 aliphatic rings. The molecular formula is C12H31N. The molecule has 1 heterocycles. The lowest BCUT2D eigenvalue weighted by molar-refractivity contribution is 0.405. The number of nitrogens with one attached hydrogen (secondary N) is 1. The standard InChI is InChI=1S/C6H13N.3C2H6/c1-6-3-2-4-7-5-6;3*1-2/h6-7H,2-5H2,1H3;3*1-2H3. The van der Waals surface area contributed by atoms with Gasteiger partial charge < -0.3 is 5.32 Å². The summed E-state index contributed by atoms with van der Waals surface area (Å²) in [6.07, 6.45) is 2.80. The largest absolute Gasteiger partial charge is 0.316 e. The quantitative estimate of drug-likeness (QED) is 0.605. The topological polar surface area (TPSA) is 12.0 Å². The van der Waals surface area contributed by atoms with Crippen LogP contribution in [-0.2, 0) is 0 Å². The molecule has 1 unspecified atom stereocenters. The van der Waals surface area contributed by atoms with Crippen LogP contribution in [-0.4, -0.2) is 13.1 Å². The molecule has 1 heteroatoms. The van der Waals surface area contributed by atoms with Gasteiger partial charge >= 0.3 is 0 Å². The smallest absolute Gasteiger partial charge is 0.00231 e. The molecule has 0 aliphatic carbocycles. The Morgan fingerprint density at radius 2 is 1.38 bits per heavy atom. The van der Waals surface area contributed by atoms with Gasteiger partial charge in [-0.05, 0) is 31.8 Å². The van der Waals surface area contributed by atoms with Gasteiger partial charge in [-0.2, -0.15) is 0 Å². The van der Waals surface area contributed by atoms with E-state index in [1.165, 1.54) is 25.9 Å². The highest BCUT2D eigenvalue weighted by Gasteiger charge is 2.04. The fourth-order valence-electron chi connectivity index (χ4n) is 1.03. The molecule has 13 heavy (non-hydrogen) atoms. The summed E-state index contributed by atoms with van der Waals surface area (Å²) >= 11 is 0. The fraction of sp³-hybridized carbons (Fsp3) is 1.00. The van der Waals surface area contributed by atoms with Crippen LogP contribution < -0.4 is 5.32 Å². The Labute approximate surface area is 86.3 Å². The van der Waals surface area contributed by atoms with Gasteiger partial charge in [0, 0.05) is 0 Å². The summed E-state index contributed by atoms with van der Waals surface area (Å²) in [5.41, 5.74) is 0. The van der Waals surface area contributed by atoms with Crippen LogP contribution in [0.15, 0.2) is 0 Å². The average molecular weight is 189 g/mol. The van der Waals surface area contributed by atoms with Crippen LogP contribution in [0.3, 0.4) is 0 Å². The van der Waals surface area contributed by atoms with E-state index in [0.717, 1.165) is 5.92 Å². The van der Waals surface area contributed by atoms with Gasteiger partial charge in [-0.15, -0.1) is 0 Å². The van der Waals surface area contributed by atoms with Gasteiger partial charge in [-0.3, -0.25) is 0 Å². The zero-order valence-electron chi connectivity index (χ0n) is 10.9. The summed E-state index contributed by atoms with van der Waals surface area (Å²) in [4.78, 5) is 0. The molecular weight excluding hydrogens is 158 g/mol. The molecule has 0 aromatic heterocycles. The lowest BCUT2D eigenvalue weighted by Crippen LogP contribution is -2.27. The number of hydrogen-bond donors (Lipinski definition) is 1. The molecule has 84 valence electrons. The number of rotatable bonds is 0. The molecule has 1 nitrogen and oxygen atoms in total. The molecule has 0 amide bonds. The van der Waals surface area contributed by atoms with Crippen molar-refractivity contribution in [2.24, 2.45) is 5.92 Å². The first-order chi connectivity index (χ1) is 6.39. The molecule has 0 spiro atoms. The highest BCUT2D eigenvalue weighted by molar-refractivity contribution is 4.63. The van der Waals surface area contributed by atoms with Crippen LogP contribution in [0.1, 0.15) is 61.3 Å². The molecule has 1 N–H and O–H groups in total. The van der Waals surface area contributed by atoms with Gasteiger partial charge in [0.2, 0.25) is 0 Å². The third-order valence-corrected chi connectivity index (χ3v) is 1.54. The Hall–Kier alpha value is -0.0400. The molecule has 0 aromatic rings. The van der Waals surface area contributed by atoms with Gasteiger partial charge in [-0.25, -0.2) is 0 Å². The Kier molecular flexibility index (Phi) is 32.6. The third-order valence-electron chi connectivity index (χ3n) is 1.54. The van der Waals surface area contributed by atoms with E-state index in [-0.39, 0.29) is 0 Å². The van der Waals surface area contributed by atoms with E-state index in [4.69, 9.17) is 0 Å². The second-order valence-electron chi connectivity index (χ2n) is 2.45. The Morgan fingerprint density at radius 3 is 1.54 bits per heavy atom. The van der Waals surface area contributed by atoms with Crippen molar-refractivity contribution in [1.29, 1.82) is 0 Å². The summed E-state index contributed by atoms with van der Waals surface area (Å²) in [6, 6.07) is 0. The molecule has 0 bridgehead atoms. The highest BCUT2D eigenvalue weighted by Crippen LogP contribution is 2.06. The maximum atomic E-state index is 3.33. The van der Waals surface area contributed by atoms with Crippen molar-refractivity contribution >= 4 is 0 Å². The van der Waals surface area contributed by atoms with Crippen LogP contribution >= 0.6 is 0 Å². The van der Waals surface area contributed by atoms with E-state index in [1.54, 1.807) is 0 Å². The van der Waals surface area contributed by atoms with E-state index in [2.05, 4.69) is 12.2 Å². The van der Waals surface area contributed by atoms with E-state index in [9.17, 15) is 0 Å². The summed E-state index contributed by atoms with van der Waals surface area (Å²) in [5, 5.41) is 3.33. The van der Waals surface area contributed by atoms with Gasteiger partial charge in [-0.1, -0.05) is 48.5 Å². The van der Waals surface area contributed by atoms with Gasteiger partial charge in [0.05, 0.1) is 0 Å². The van der Waals surface area contributed by atoms with Crippen molar-refractivity contribution in [1.82, 2.24) is 5.32 Å². The van der Waals surface area contributed by atoms with Crippen LogP contribution in [0.5, 0.6) is 0 Å². The maximum Gasteiger partial charge on any atom is -0.00231 e. The Balaban J connectivity index is -0.000000144. The Bertz CT molecular complexity index is 47.1. The minimum Gasteiger partial charge on any atom is -0.316 e. The van der Waals surface area contributed by atoms with Crippen molar-refractivity contribution < 1.29 is 0 Å². The minimum absolute atomic E-state index is 0.925. The van der Waals surface area contributed by atoms with E-state index in [1.807, 2.05) is 41.5 Å². The number of piperidine rings is 1.